The molecule has 0 fully saturated rings. The molecule has 0 aliphatic rings. The topological polar surface area (TPSA) is 45.1 Å². The summed E-state index contributed by atoms with van der Waals surface area (Å²) in [6.45, 7) is 1.77. The minimum atomic E-state index is -0.489. The predicted octanol–water partition coefficient (Wildman–Crippen LogP) is 1.88. The van der Waals surface area contributed by atoms with Gasteiger partial charge in [-0.15, -0.1) is 11.8 Å². The Bertz CT molecular complexity index is 221. The van der Waals surface area contributed by atoms with Gasteiger partial charge in [0.15, 0.2) is 0 Å². The average Bonchev–Trinajstić information content (AvgIpc) is 2.12. The lowest BCUT2D eigenvalue weighted by atomic mass is 10.9. The van der Waals surface area contributed by atoms with Crippen LogP contribution in [0, 0.1) is 0 Å². The lowest BCUT2D eigenvalue weighted by Crippen LogP contribution is -2.23. The Morgan fingerprint density at radius 1 is 1.36 bits per heavy atom. The third-order valence-electron chi connectivity index (χ3n) is 1.09. The number of oxime groups is 1. The Morgan fingerprint density at radius 3 is 2.36 bits per heavy atom. The van der Waals surface area contributed by atoms with Crippen molar-refractivity contribution in [3.05, 3.63) is 0 Å². The molecule has 0 aliphatic heterocycles. The van der Waals surface area contributed by atoms with E-state index in [1.165, 1.54) is 28.2 Å². The molecule has 82 valence electrons. The van der Waals surface area contributed by atoms with E-state index in [1.807, 2.05) is 20.4 Å². The normalized spacial score (nSPS) is 11.7. The molecule has 0 aliphatic carbocycles. The van der Waals surface area contributed by atoms with Crippen LogP contribution in [0.2, 0.25) is 0 Å². The third kappa shape index (κ3) is 6.11. The molecule has 0 spiro atoms. The van der Waals surface area contributed by atoms with E-state index in [2.05, 4.69) is 9.99 Å². The van der Waals surface area contributed by atoms with Gasteiger partial charge in [-0.25, -0.2) is 13.4 Å². The molecule has 7 heteroatoms. The lowest BCUT2D eigenvalue weighted by molar-refractivity contribution is 0.136. The molecule has 1 amide bonds. The van der Waals surface area contributed by atoms with Gasteiger partial charge in [-0.1, -0.05) is 5.16 Å². The van der Waals surface area contributed by atoms with Crippen LogP contribution in [-0.2, 0) is 4.84 Å². The van der Waals surface area contributed by atoms with E-state index < -0.39 is 6.09 Å². The summed E-state index contributed by atoms with van der Waals surface area (Å²) < 4.78 is 3.14. The van der Waals surface area contributed by atoms with E-state index in [4.69, 9.17) is 0 Å². The molecule has 0 atom stereocenters. The van der Waals surface area contributed by atoms with Crippen molar-refractivity contribution in [3.8, 4) is 0 Å². The summed E-state index contributed by atoms with van der Waals surface area (Å²) in [6.07, 6.45) is 1.38. The quantitative estimate of drug-likeness (QED) is 0.246. The van der Waals surface area contributed by atoms with E-state index in [0.29, 0.717) is 5.04 Å². The summed E-state index contributed by atoms with van der Waals surface area (Å²) in [7, 11) is 5.30. The standard InChI is InChI=1S/C7H15N3O2S2/c1-6(13-5)8-12-7(11)10(4)14-9(2)3/h1-5H3/b8-6+. The number of rotatable bonds is 3. The molecule has 0 aromatic heterocycles. The Labute approximate surface area is 93.1 Å². The molecular weight excluding hydrogens is 222 g/mol. The van der Waals surface area contributed by atoms with Gasteiger partial charge in [-0.05, 0) is 27.3 Å². The largest absolute Gasteiger partial charge is 0.446 e. The van der Waals surface area contributed by atoms with Crippen molar-refractivity contribution in [2.45, 2.75) is 6.92 Å². The molecule has 0 aromatic rings. The monoisotopic (exact) mass is 237 g/mol. The molecule has 0 rings (SSSR count). The van der Waals surface area contributed by atoms with Gasteiger partial charge in [0.2, 0.25) is 0 Å². The molecule has 14 heavy (non-hydrogen) atoms. The fourth-order valence-electron chi connectivity index (χ4n) is 0.476. The van der Waals surface area contributed by atoms with E-state index in [1.54, 1.807) is 18.3 Å². The van der Waals surface area contributed by atoms with Crippen LogP contribution in [-0.4, -0.2) is 47.1 Å². The number of carbonyl (C=O) groups is 1. The zero-order valence-electron chi connectivity index (χ0n) is 8.97. The van der Waals surface area contributed by atoms with Crippen molar-refractivity contribution in [1.29, 1.82) is 0 Å². The molecule has 0 unspecified atom stereocenters. The fourth-order valence-corrected chi connectivity index (χ4v) is 1.18. The maximum absolute atomic E-state index is 11.2. The van der Waals surface area contributed by atoms with E-state index in [9.17, 15) is 4.79 Å². The molecule has 0 heterocycles. The highest BCUT2D eigenvalue weighted by atomic mass is 32.2. The van der Waals surface area contributed by atoms with Crippen molar-refractivity contribution in [2.24, 2.45) is 5.16 Å². The summed E-state index contributed by atoms with van der Waals surface area (Å²) in [5.74, 6) is 0. The Balaban J connectivity index is 3.96. The second-order valence-corrected chi connectivity index (χ2v) is 5.00. The first-order chi connectivity index (χ1) is 6.47. The zero-order valence-corrected chi connectivity index (χ0v) is 10.6. The van der Waals surface area contributed by atoms with Crippen LogP contribution in [0.1, 0.15) is 6.92 Å². The van der Waals surface area contributed by atoms with Gasteiger partial charge in [0.1, 0.15) is 5.04 Å². The van der Waals surface area contributed by atoms with Gasteiger partial charge >= 0.3 is 6.09 Å². The van der Waals surface area contributed by atoms with Gasteiger partial charge < -0.3 is 0 Å². The zero-order chi connectivity index (χ0) is 11.1. The Hall–Kier alpha value is -0.400. The predicted molar refractivity (Wildman–Crippen MR) is 62.1 cm³/mol. The Kier molecular flexibility index (Phi) is 6.77. The average molecular weight is 237 g/mol. The number of nitrogens with zero attached hydrogens (tertiary/aromatic N) is 3. The van der Waals surface area contributed by atoms with Gasteiger partial charge in [0.25, 0.3) is 0 Å². The van der Waals surface area contributed by atoms with Crippen molar-refractivity contribution in [1.82, 2.24) is 8.61 Å². The summed E-state index contributed by atoms with van der Waals surface area (Å²) >= 11 is 2.67. The first-order valence-electron chi connectivity index (χ1n) is 3.86. The highest BCUT2D eigenvalue weighted by molar-refractivity contribution is 8.13. The van der Waals surface area contributed by atoms with Crippen LogP contribution in [0.25, 0.3) is 0 Å². The minimum absolute atomic E-state index is 0.489. The maximum Gasteiger partial charge on any atom is 0.446 e. The first-order valence-corrected chi connectivity index (χ1v) is 5.81. The molecule has 0 radical (unpaired) electrons. The highest BCUT2D eigenvalue weighted by Crippen LogP contribution is 2.10. The number of amides is 1. The van der Waals surface area contributed by atoms with E-state index in [0.717, 1.165) is 0 Å². The van der Waals surface area contributed by atoms with Gasteiger partial charge in [-0.3, -0.25) is 4.84 Å². The van der Waals surface area contributed by atoms with Crippen LogP contribution in [0.5, 0.6) is 0 Å². The lowest BCUT2D eigenvalue weighted by Gasteiger charge is -2.16. The fraction of sp³-hybridized carbons (Fsp3) is 0.714. The molecule has 0 aromatic carbocycles. The summed E-state index contributed by atoms with van der Waals surface area (Å²) in [6, 6.07) is 0. The van der Waals surface area contributed by atoms with Crippen LogP contribution < -0.4 is 0 Å². The van der Waals surface area contributed by atoms with Crippen molar-refractivity contribution in [3.63, 3.8) is 0 Å². The molecule has 0 N–H and O–H groups in total. The first kappa shape index (κ1) is 13.6. The molecule has 0 bridgehead atoms. The number of hydrogen-bond acceptors (Lipinski definition) is 6. The third-order valence-corrected chi connectivity index (χ3v) is 2.48. The second-order valence-electron chi connectivity index (χ2n) is 2.56. The molecule has 0 saturated heterocycles. The Morgan fingerprint density at radius 2 is 1.93 bits per heavy atom. The van der Waals surface area contributed by atoms with Crippen LogP contribution >= 0.6 is 23.9 Å². The molecule has 5 nitrogen and oxygen atoms in total. The molecular formula is C7H15N3O2S2. The SMILES string of the molecule is CS/C(C)=N/OC(=O)N(C)SN(C)C. The smallest absolute Gasteiger partial charge is 0.296 e. The maximum atomic E-state index is 11.2. The van der Waals surface area contributed by atoms with Gasteiger partial charge in [0.05, 0.1) is 0 Å². The summed E-state index contributed by atoms with van der Waals surface area (Å²) in [5, 5.41) is 4.34. The second kappa shape index (κ2) is 6.97. The molecule has 0 saturated carbocycles. The van der Waals surface area contributed by atoms with E-state index in [-0.39, 0.29) is 0 Å². The summed E-state index contributed by atoms with van der Waals surface area (Å²) in [5.41, 5.74) is 0. The number of hydrogen-bond donors (Lipinski definition) is 0. The number of carbonyl (C=O) groups excluding carboxylic acids is 1. The highest BCUT2D eigenvalue weighted by Gasteiger charge is 2.11. The number of thioether (sulfide) groups is 1. The van der Waals surface area contributed by atoms with Crippen molar-refractivity contribution < 1.29 is 9.63 Å². The van der Waals surface area contributed by atoms with Crippen LogP contribution in [0.4, 0.5) is 4.79 Å². The van der Waals surface area contributed by atoms with Crippen molar-refractivity contribution >= 4 is 35.0 Å². The van der Waals surface area contributed by atoms with E-state index >= 15 is 0 Å². The van der Waals surface area contributed by atoms with Crippen LogP contribution in [0.15, 0.2) is 5.16 Å². The van der Waals surface area contributed by atoms with Gasteiger partial charge in [-0.2, -0.15) is 0 Å². The van der Waals surface area contributed by atoms with Crippen molar-refractivity contribution in [2.75, 3.05) is 27.4 Å². The van der Waals surface area contributed by atoms with Crippen LogP contribution in [0.3, 0.4) is 0 Å². The minimum Gasteiger partial charge on any atom is -0.296 e. The summed E-state index contributed by atoms with van der Waals surface area (Å²) in [4.78, 5) is 15.9. The van der Waals surface area contributed by atoms with Gasteiger partial charge in [0, 0.05) is 19.2 Å².